The maximum Gasteiger partial charge on any atom is 0.153 e. The monoisotopic (exact) mass is 188 g/mol. The first-order valence-corrected chi connectivity index (χ1v) is 5.12. The lowest BCUT2D eigenvalue weighted by molar-refractivity contribution is 0.600. The van der Waals surface area contributed by atoms with Crippen LogP contribution in [-0.4, -0.2) is 24.3 Å². The van der Waals surface area contributed by atoms with Crippen molar-refractivity contribution < 1.29 is 8.42 Å². The van der Waals surface area contributed by atoms with E-state index in [1.807, 2.05) is 0 Å². The first-order valence-electron chi connectivity index (χ1n) is 2.41. The molecule has 0 aromatic carbocycles. The number of hydrogen-bond acceptors (Lipinski definition) is 2. The van der Waals surface area contributed by atoms with Crippen LogP contribution in [0.5, 0.6) is 0 Å². The smallest absolute Gasteiger partial charge is 0.153 e. The quantitative estimate of drug-likeness (QED) is 0.576. The van der Waals surface area contributed by atoms with Crippen LogP contribution < -0.4 is 0 Å². The predicted molar refractivity (Wildman–Crippen MR) is 37.7 cm³/mol. The number of sulfone groups is 1. The van der Waals surface area contributed by atoms with Crippen molar-refractivity contribution >= 4 is 33.0 Å². The molecule has 54 valence electrons. The van der Waals surface area contributed by atoms with Gasteiger partial charge in [-0.3, -0.25) is 0 Å². The largest absolute Gasteiger partial charge is 0.229 e. The summed E-state index contributed by atoms with van der Waals surface area (Å²) in [6, 6.07) is 0. The van der Waals surface area contributed by atoms with Crippen LogP contribution in [0.1, 0.15) is 6.42 Å². The van der Waals surface area contributed by atoms with Crippen molar-refractivity contribution in [2.75, 3.05) is 6.26 Å². The van der Waals surface area contributed by atoms with E-state index in [1.165, 1.54) is 0 Å². The van der Waals surface area contributed by atoms with Crippen molar-refractivity contribution in [3.8, 4) is 0 Å². The number of halogens is 2. The molecule has 1 aliphatic carbocycles. The van der Waals surface area contributed by atoms with Gasteiger partial charge in [0.25, 0.3) is 0 Å². The fourth-order valence-electron chi connectivity index (χ4n) is 0.653. The minimum absolute atomic E-state index is 0.370. The molecule has 9 heavy (non-hydrogen) atoms. The molecule has 0 N–H and O–H groups in total. The molecule has 1 unspecified atom stereocenters. The Morgan fingerprint density at radius 1 is 1.56 bits per heavy atom. The van der Waals surface area contributed by atoms with Crippen LogP contribution in [0.15, 0.2) is 0 Å². The van der Waals surface area contributed by atoms with Crippen LogP contribution in [0.3, 0.4) is 0 Å². The fraction of sp³-hybridized carbons (Fsp3) is 1.00. The summed E-state index contributed by atoms with van der Waals surface area (Å²) in [6.45, 7) is 0. The van der Waals surface area contributed by atoms with Crippen molar-refractivity contribution in [3.05, 3.63) is 0 Å². The Labute approximate surface area is 64.1 Å². The molecule has 0 aromatic rings. The lowest BCUT2D eigenvalue weighted by Crippen LogP contribution is -2.09. The Hall–Kier alpha value is 0.530. The molecular weight excluding hydrogens is 183 g/mol. The highest BCUT2D eigenvalue weighted by molar-refractivity contribution is 7.91. The van der Waals surface area contributed by atoms with Gasteiger partial charge >= 0.3 is 0 Å². The van der Waals surface area contributed by atoms with Crippen molar-refractivity contribution in [2.45, 2.75) is 16.0 Å². The zero-order chi connectivity index (χ0) is 7.28. The van der Waals surface area contributed by atoms with E-state index < -0.39 is 19.4 Å². The third-order valence-corrected chi connectivity index (χ3v) is 3.98. The van der Waals surface area contributed by atoms with E-state index in [0.29, 0.717) is 6.42 Å². The first kappa shape index (κ1) is 7.63. The third kappa shape index (κ3) is 1.51. The highest BCUT2D eigenvalue weighted by atomic mass is 35.5. The molecule has 0 heterocycles. The Morgan fingerprint density at radius 3 is 1.89 bits per heavy atom. The van der Waals surface area contributed by atoms with Crippen LogP contribution in [0.4, 0.5) is 0 Å². The molecule has 0 radical (unpaired) electrons. The molecule has 0 saturated heterocycles. The second kappa shape index (κ2) is 1.77. The lowest BCUT2D eigenvalue weighted by Gasteiger charge is -1.93. The highest BCUT2D eigenvalue weighted by Gasteiger charge is 2.57. The van der Waals surface area contributed by atoms with E-state index in [0.717, 1.165) is 6.26 Å². The Balaban J connectivity index is 2.75. The minimum Gasteiger partial charge on any atom is -0.229 e. The number of alkyl halides is 2. The molecule has 1 aliphatic rings. The molecule has 0 bridgehead atoms. The van der Waals surface area contributed by atoms with Gasteiger partial charge in [0.05, 0.1) is 5.25 Å². The summed E-state index contributed by atoms with van der Waals surface area (Å²) in [5.41, 5.74) is 0. The van der Waals surface area contributed by atoms with Crippen molar-refractivity contribution in [1.82, 2.24) is 0 Å². The van der Waals surface area contributed by atoms with E-state index >= 15 is 0 Å². The van der Waals surface area contributed by atoms with Gasteiger partial charge in [-0.15, -0.1) is 23.2 Å². The summed E-state index contributed by atoms with van der Waals surface area (Å²) in [5, 5.41) is -0.534. The Morgan fingerprint density at radius 2 is 1.89 bits per heavy atom. The third-order valence-electron chi connectivity index (χ3n) is 1.29. The SMILES string of the molecule is CS(=O)(=O)C1CC1(Cl)Cl. The highest BCUT2D eigenvalue weighted by Crippen LogP contribution is 2.50. The number of rotatable bonds is 1. The van der Waals surface area contributed by atoms with Crippen LogP contribution in [0, 0.1) is 0 Å². The fourth-order valence-corrected chi connectivity index (χ4v) is 3.31. The molecular formula is C4H6Cl2O2S. The van der Waals surface area contributed by atoms with Gasteiger partial charge in [-0.25, -0.2) is 8.42 Å². The summed E-state index contributed by atoms with van der Waals surface area (Å²) in [4.78, 5) is 0. The van der Waals surface area contributed by atoms with Gasteiger partial charge in [-0.05, 0) is 0 Å². The van der Waals surface area contributed by atoms with E-state index in [1.54, 1.807) is 0 Å². The van der Waals surface area contributed by atoms with Crippen molar-refractivity contribution in [2.24, 2.45) is 0 Å². The molecule has 0 aromatic heterocycles. The van der Waals surface area contributed by atoms with Gasteiger partial charge in [-0.2, -0.15) is 0 Å². The van der Waals surface area contributed by atoms with Crippen molar-refractivity contribution in [1.29, 1.82) is 0 Å². The van der Waals surface area contributed by atoms with Gasteiger partial charge in [0.2, 0.25) is 0 Å². The Kier molecular flexibility index (Phi) is 1.50. The Bertz CT molecular complexity index is 219. The van der Waals surface area contributed by atoms with E-state index in [2.05, 4.69) is 0 Å². The normalized spacial score (nSPS) is 32.1. The summed E-state index contributed by atoms with van der Waals surface area (Å²) >= 11 is 11.0. The average molecular weight is 189 g/mol. The molecule has 0 amide bonds. The molecule has 1 atom stereocenters. The van der Waals surface area contributed by atoms with Gasteiger partial charge in [0.1, 0.15) is 4.33 Å². The second-order valence-electron chi connectivity index (χ2n) is 2.28. The van der Waals surface area contributed by atoms with E-state index in [9.17, 15) is 8.42 Å². The number of hydrogen-bond donors (Lipinski definition) is 0. The average Bonchev–Trinajstić information content (AvgIpc) is 2.10. The molecule has 1 rings (SSSR count). The first-order chi connectivity index (χ1) is 3.84. The van der Waals surface area contributed by atoms with Crippen LogP contribution >= 0.6 is 23.2 Å². The zero-order valence-electron chi connectivity index (χ0n) is 4.77. The lowest BCUT2D eigenvalue weighted by atomic mass is 10.9. The molecule has 0 aliphatic heterocycles. The predicted octanol–water partition coefficient (Wildman–Crippen LogP) is 0.977. The molecule has 2 nitrogen and oxygen atoms in total. The summed E-state index contributed by atoms with van der Waals surface area (Å²) in [6.07, 6.45) is 1.51. The van der Waals surface area contributed by atoms with Gasteiger partial charge < -0.3 is 0 Å². The van der Waals surface area contributed by atoms with Gasteiger partial charge in [0.15, 0.2) is 9.84 Å². The summed E-state index contributed by atoms with van der Waals surface area (Å²) in [5.74, 6) is 0. The standard InChI is InChI=1S/C4H6Cl2O2S/c1-9(7,8)3-2-4(3,5)6/h3H,2H2,1H3. The topological polar surface area (TPSA) is 34.1 Å². The summed E-state index contributed by atoms with van der Waals surface area (Å²) < 4.78 is 20.3. The van der Waals surface area contributed by atoms with Gasteiger partial charge in [-0.1, -0.05) is 0 Å². The minimum atomic E-state index is -3.00. The van der Waals surface area contributed by atoms with Crippen LogP contribution in [0.2, 0.25) is 0 Å². The molecule has 5 heteroatoms. The maximum absolute atomic E-state index is 10.6. The van der Waals surface area contributed by atoms with E-state index in [4.69, 9.17) is 23.2 Å². The summed E-state index contributed by atoms with van der Waals surface area (Å²) in [7, 11) is -3.00. The van der Waals surface area contributed by atoms with E-state index in [-0.39, 0.29) is 0 Å². The second-order valence-corrected chi connectivity index (χ2v) is 6.05. The molecule has 0 spiro atoms. The van der Waals surface area contributed by atoms with Crippen molar-refractivity contribution in [3.63, 3.8) is 0 Å². The van der Waals surface area contributed by atoms with Gasteiger partial charge in [0, 0.05) is 12.7 Å². The maximum atomic E-state index is 10.6. The van der Waals surface area contributed by atoms with Crippen LogP contribution in [-0.2, 0) is 9.84 Å². The molecule has 1 saturated carbocycles. The molecule has 1 fully saturated rings. The zero-order valence-corrected chi connectivity index (χ0v) is 7.09. The van der Waals surface area contributed by atoms with Crippen LogP contribution in [0.25, 0.3) is 0 Å².